The summed E-state index contributed by atoms with van der Waals surface area (Å²) >= 11 is 0. The van der Waals surface area contributed by atoms with Crippen LogP contribution in [-0.4, -0.2) is 0 Å². The largest absolute Gasteiger partial charge is 0.197 e. The zero-order chi connectivity index (χ0) is 13.4. The van der Waals surface area contributed by atoms with Crippen molar-refractivity contribution >= 4 is 0 Å². The van der Waals surface area contributed by atoms with E-state index in [1.165, 1.54) is 0 Å². The number of hydrogen-bond acceptors (Lipinski definition) is 2. The molecule has 1 atom stereocenters. The summed E-state index contributed by atoms with van der Waals surface area (Å²) in [5.41, 5.74) is 0.463. The van der Waals surface area contributed by atoms with Crippen LogP contribution in [0.2, 0.25) is 0 Å². The fraction of sp³-hybridized carbons (Fsp3) is 0.375. The highest BCUT2D eigenvalue weighted by molar-refractivity contribution is 5.36. The van der Waals surface area contributed by atoms with Crippen molar-refractivity contribution < 1.29 is 0 Å². The Hall–Kier alpha value is -2.06. The van der Waals surface area contributed by atoms with Gasteiger partial charge in [-0.3, -0.25) is 0 Å². The van der Waals surface area contributed by atoms with E-state index in [0.29, 0.717) is 0 Å². The molecule has 0 heterocycles. The molecule has 0 aromatic heterocycles. The molecule has 2 nitrogen and oxygen atoms in total. The molecule has 0 bridgehead atoms. The lowest BCUT2D eigenvalue weighted by molar-refractivity contribution is 0.519. The molecule has 0 fully saturated rings. The first-order valence-corrected chi connectivity index (χ1v) is 6.21. The molecule has 0 saturated heterocycles. The van der Waals surface area contributed by atoms with Crippen molar-refractivity contribution in [1.82, 2.24) is 0 Å². The Morgan fingerprint density at radius 1 is 1.22 bits per heavy atom. The predicted octanol–water partition coefficient (Wildman–Crippen LogP) is 3.96. The second kappa shape index (κ2) is 6.62. The Balaban J connectivity index is 3.19. The molecule has 0 unspecified atom stereocenters. The van der Waals surface area contributed by atoms with E-state index in [0.717, 1.165) is 18.4 Å². The van der Waals surface area contributed by atoms with Crippen molar-refractivity contribution in [1.29, 1.82) is 10.5 Å². The molecule has 0 N–H and O–H groups in total. The lowest BCUT2D eigenvalue weighted by Crippen LogP contribution is -2.28. The zero-order valence-corrected chi connectivity index (χ0v) is 10.9. The van der Waals surface area contributed by atoms with Gasteiger partial charge in [-0.15, -0.1) is 0 Å². The van der Waals surface area contributed by atoms with Crippen LogP contribution >= 0.6 is 0 Å². The standard InChI is InChI=1S/C16H18N2/c1-3-4-8-11-16(2,15(12-17)13-18)14-9-6-5-7-10-14/h5-11,15H,3-4H2,1-2H3/b11-8+/t16-/m1/s1. The molecule has 1 aromatic rings. The Morgan fingerprint density at radius 3 is 2.33 bits per heavy atom. The van der Waals surface area contributed by atoms with Crippen molar-refractivity contribution in [3.8, 4) is 12.1 Å². The summed E-state index contributed by atoms with van der Waals surface area (Å²) in [6.07, 6.45) is 6.09. The van der Waals surface area contributed by atoms with Crippen LogP contribution in [0, 0.1) is 28.6 Å². The highest BCUT2D eigenvalue weighted by Crippen LogP contribution is 2.33. The molecule has 0 saturated carbocycles. The van der Waals surface area contributed by atoms with Crippen LogP contribution in [0.1, 0.15) is 32.3 Å². The fourth-order valence-electron chi connectivity index (χ4n) is 1.95. The van der Waals surface area contributed by atoms with Crippen molar-refractivity contribution in [3.05, 3.63) is 48.0 Å². The van der Waals surface area contributed by atoms with Crippen molar-refractivity contribution in [2.24, 2.45) is 5.92 Å². The first-order valence-electron chi connectivity index (χ1n) is 6.21. The number of hydrogen-bond donors (Lipinski definition) is 0. The molecule has 0 aliphatic carbocycles. The molecule has 18 heavy (non-hydrogen) atoms. The van der Waals surface area contributed by atoms with Gasteiger partial charge in [0.25, 0.3) is 0 Å². The van der Waals surface area contributed by atoms with Gasteiger partial charge >= 0.3 is 0 Å². The average molecular weight is 238 g/mol. The minimum absolute atomic E-state index is 0.542. The van der Waals surface area contributed by atoms with E-state index >= 15 is 0 Å². The summed E-state index contributed by atoms with van der Waals surface area (Å²) < 4.78 is 0. The number of nitrogens with zero attached hydrogens (tertiary/aromatic N) is 2. The van der Waals surface area contributed by atoms with Gasteiger partial charge in [0.2, 0.25) is 0 Å². The quantitative estimate of drug-likeness (QED) is 0.729. The molecule has 0 spiro atoms. The number of allylic oxidation sites excluding steroid dienone is 2. The molecule has 0 amide bonds. The van der Waals surface area contributed by atoms with E-state index < -0.39 is 11.3 Å². The number of benzene rings is 1. The van der Waals surface area contributed by atoms with Crippen LogP contribution in [-0.2, 0) is 5.41 Å². The normalized spacial score (nSPS) is 14.1. The lowest BCUT2D eigenvalue weighted by Gasteiger charge is -2.27. The molecule has 1 rings (SSSR count). The van der Waals surface area contributed by atoms with Gasteiger partial charge in [-0.25, -0.2) is 0 Å². The maximum absolute atomic E-state index is 9.17. The molecule has 2 heteroatoms. The Bertz CT molecular complexity index is 462. The van der Waals surface area contributed by atoms with Gasteiger partial charge in [0.1, 0.15) is 5.92 Å². The van der Waals surface area contributed by atoms with Gasteiger partial charge in [0, 0.05) is 5.41 Å². The van der Waals surface area contributed by atoms with Crippen LogP contribution < -0.4 is 0 Å². The SMILES string of the molecule is CCC/C=C/[C@](C)(c1ccccc1)C(C#N)C#N. The molecule has 0 aliphatic rings. The maximum atomic E-state index is 9.17. The van der Waals surface area contributed by atoms with Gasteiger partial charge in [-0.1, -0.05) is 55.8 Å². The molecule has 92 valence electrons. The monoisotopic (exact) mass is 238 g/mol. The number of nitriles is 2. The van der Waals surface area contributed by atoms with E-state index in [9.17, 15) is 10.5 Å². The first-order chi connectivity index (χ1) is 8.69. The molecule has 0 aliphatic heterocycles. The van der Waals surface area contributed by atoms with Gasteiger partial charge in [0.05, 0.1) is 12.1 Å². The van der Waals surface area contributed by atoms with Crippen LogP contribution in [0.5, 0.6) is 0 Å². The Morgan fingerprint density at radius 2 is 1.83 bits per heavy atom. The van der Waals surface area contributed by atoms with E-state index in [1.807, 2.05) is 43.3 Å². The van der Waals surface area contributed by atoms with Crippen molar-refractivity contribution in [2.45, 2.75) is 32.1 Å². The molecule has 1 aromatic carbocycles. The first kappa shape index (κ1) is 14.0. The zero-order valence-electron chi connectivity index (χ0n) is 10.9. The van der Waals surface area contributed by atoms with Gasteiger partial charge in [0.15, 0.2) is 0 Å². The van der Waals surface area contributed by atoms with E-state index in [2.05, 4.69) is 25.1 Å². The van der Waals surface area contributed by atoms with E-state index in [-0.39, 0.29) is 0 Å². The topological polar surface area (TPSA) is 47.6 Å². The van der Waals surface area contributed by atoms with E-state index in [4.69, 9.17) is 0 Å². The second-order valence-electron chi connectivity index (χ2n) is 4.53. The second-order valence-corrected chi connectivity index (χ2v) is 4.53. The molecule has 0 radical (unpaired) electrons. The van der Waals surface area contributed by atoms with Gasteiger partial charge in [-0.2, -0.15) is 10.5 Å². The fourth-order valence-corrected chi connectivity index (χ4v) is 1.95. The lowest BCUT2D eigenvalue weighted by atomic mass is 9.72. The summed E-state index contributed by atoms with van der Waals surface area (Å²) in [5, 5.41) is 18.3. The number of unbranched alkanes of at least 4 members (excludes halogenated alkanes) is 1. The minimum atomic E-state index is -0.673. The summed E-state index contributed by atoms with van der Waals surface area (Å²) in [7, 11) is 0. The van der Waals surface area contributed by atoms with Crippen LogP contribution in [0.15, 0.2) is 42.5 Å². The van der Waals surface area contributed by atoms with Crippen molar-refractivity contribution in [3.63, 3.8) is 0 Å². The van der Waals surface area contributed by atoms with Gasteiger partial charge in [-0.05, 0) is 18.9 Å². The Kier molecular flexibility index (Phi) is 5.15. The van der Waals surface area contributed by atoms with Crippen molar-refractivity contribution in [2.75, 3.05) is 0 Å². The predicted molar refractivity (Wildman–Crippen MR) is 72.6 cm³/mol. The van der Waals surface area contributed by atoms with Crippen LogP contribution in [0.4, 0.5) is 0 Å². The maximum Gasteiger partial charge on any atom is 0.146 e. The average Bonchev–Trinajstić information content (AvgIpc) is 2.41. The molecular weight excluding hydrogens is 220 g/mol. The summed E-state index contributed by atoms with van der Waals surface area (Å²) in [5.74, 6) is -0.673. The number of rotatable bonds is 5. The third-order valence-corrected chi connectivity index (χ3v) is 3.17. The third kappa shape index (κ3) is 2.99. The smallest absolute Gasteiger partial charge is 0.146 e. The highest BCUT2D eigenvalue weighted by Gasteiger charge is 2.33. The third-order valence-electron chi connectivity index (χ3n) is 3.17. The van der Waals surface area contributed by atoms with E-state index in [1.54, 1.807) is 0 Å². The van der Waals surface area contributed by atoms with Gasteiger partial charge < -0.3 is 0 Å². The summed E-state index contributed by atoms with van der Waals surface area (Å²) in [6, 6.07) is 14.0. The Labute approximate surface area is 109 Å². The summed E-state index contributed by atoms with van der Waals surface area (Å²) in [6.45, 7) is 4.06. The summed E-state index contributed by atoms with van der Waals surface area (Å²) in [4.78, 5) is 0. The van der Waals surface area contributed by atoms with Crippen LogP contribution in [0.25, 0.3) is 0 Å². The van der Waals surface area contributed by atoms with Crippen LogP contribution in [0.3, 0.4) is 0 Å². The highest BCUT2D eigenvalue weighted by atomic mass is 14.4. The minimum Gasteiger partial charge on any atom is -0.197 e. The molecular formula is C16H18N2.